The van der Waals surface area contributed by atoms with Crippen LogP contribution in [0.25, 0.3) is 0 Å². The number of thioether (sulfide) groups is 1. The number of methoxy groups -OCH3 is 1. The molecule has 1 heterocycles. The quantitative estimate of drug-likeness (QED) is 0.745. The molecule has 2 rings (SSSR count). The molecule has 5 heteroatoms. The normalized spacial score (nSPS) is 32.2. The Kier molecular flexibility index (Phi) is 4.92. The van der Waals surface area contributed by atoms with Gasteiger partial charge in [-0.05, 0) is 32.2 Å². The first-order chi connectivity index (χ1) is 8.70. The van der Waals surface area contributed by atoms with Crippen molar-refractivity contribution in [1.29, 1.82) is 0 Å². The second kappa shape index (κ2) is 6.26. The molecule has 1 saturated carbocycles. The van der Waals surface area contributed by atoms with Gasteiger partial charge in [-0.2, -0.15) is 11.8 Å². The van der Waals surface area contributed by atoms with Gasteiger partial charge >= 0.3 is 5.97 Å². The number of ether oxygens (including phenoxy) is 2. The van der Waals surface area contributed by atoms with Crippen LogP contribution < -0.4 is 5.32 Å². The van der Waals surface area contributed by atoms with Crippen molar-refractivity contribution in [3.8, 4) is 0 Å². The van der Waals surface area contributed by atoms with Crippen molar-refractivity contribution in [2.24, 2.45) is 0 Å². The lowest BCUT2D eigenvalue weighted by Gasteiger charge is -2.30. The van der Waals surface area contributed by atoms with E-state index in [9.17, 15) is 4.79 Å². The van der Waals surface area contributed by atoms with E-state index in [1.807, 2.05) is 11.8 Å². The molecule has 0 spiro atoms. The van der Waals surface area contributed by atoms with Gasteiger partial charge in [0, 0.05) is 5.25 Å². The van der Waals surface area contributed by atoms with Gasteiger partial charge in [-0.15, -0.1) is 0 Å². The van der Waals surface area contributed by atoms with Crippen LogP contribution in [0.2, 0.25) is 0 Å². The molecule has 1 aliphatic heterocycles. The highest BCUT2D eigenvalue weighted by atomic mass is 32.2. The number of hydrogen-bond acceptors (Lipinski definition) is 5. The van der Waals surface area contributed by atoms with Crippen LogP contribution in [0.3, 0.4) is 0 Å². The molecule has 2 atom stereocenters. The molecule has 0 aromatic rings. The largest absolute Gasteiger partial charge is 0.468 e. The number of nitrogens with one attached hydrogen (secondary N) is 1. The summed E-state index contributed by atoms with van der Waals surface area (Å²) in [7, 11) is 1.48. The summed E-state index contributed by atoms with van der Waals surface area (Å²) in [6.07, 6.45) is 3.91. The first-order valence-corrected chi connectivity index (χ1v) is 7.71. The van der Waals surface area contributed by atoms with Crippen molar-refractivity contribution < 1.29 is 14.3 Å². The Morgan fingerprint density at radius 3 is 2.83 bits per heavy atom. The maximum absolute atomic E-state index is 12.0. The zero-order valence-corrected chi connectivity index (χ0v) is 12.1. The third-order valence-electron chi connectivity index (χ3n) is 3.75. The summed E-state index contributed by atoms with van der Waals surface area (Å²) in [5.74, 6) is -0.0936. The maximum atomic E-state index is 12.0. The molecule has 2 fully saturated rings. The minimum atomic E-state index is -0.437. The SMILES string of the molecule is CCCNC1(C(=O)OC)CCC(SC2COC2)C1. The van der Waals surface area contributed by atoms with Crippen molar-refractivity contribution >= 4 is 17.7 Å². The minimum Gasteiger partial charge on any atom is -0.468 e. The summed E-state index contributed by atoms with van der Waals surface area (Å²) < 4.78 is 10.2. The van der Waals surface area contributed by atoms with Gasteiger partial charge in [0.2, 0.25) is 0 Å². The van der Waals surface area contributed by atoms with Crippen LogP contribution in [0.15, 0.2) is 0 Å². The second-order valence-electron chi connectivity index (χ2n) is 5.16. The van der Waals surface area contributed by atoms with E-state index in [1.165, 1.54) is 7.11 Å². The lowest BCUT2D eigenvalue weighted by molar-refractivity contribution is -0.148. The van der Waals surface area contributed by atoms with Gasteiger partial charge in [-0.1, -0.05) is 6.92 Å². The zero-order valence-electron chi connectivity index (χ0n) is 11.2. The fourth-order valence-electron chi connectivity index (χ4n) is 2.66. The summed E-state index contributed by atoms with van der Waals surface area (Å²) in [6, 6.07) is 0. The lowest BCUT2D eigenvalue weighted by atomic mass is 9.97. The molecule has 18 heavy (non-hydrogen) atoms. The first-order valence-electron chi connectivity index (χ1n) is 6.77. The van der Waals surface area contributed by atoms with Crippen molar-refractivity contribution in [3.05, 3.63) is 0 Å². The smallest absolute Gasteiger partial charge is 0.326 e. The van der Waals surface area contributed by atoms with Crippen molar-refractivity contribution in [2.75, 3.05) is 26.9 Å². The van der Waals surface area contributed by atoms with Gasteiger partial charge in [0.25, 0.3) is 0 Å². The Labute approximate surface area is 113 Å². The van der Waals surface area contributed by atoms with Crippen LogP contribution in [-0.4, -0.2) is 48.9 Å². The summed E-state index contributed by atoms with van der Waals surface area (Å²) in [5.41, 5.74) is -0.437. The molecule has 1 saturated heterocycles. The molecule has 2 aliphatic rings. The highest BCUT2D eigenvalue weighted by Crippen LogP contribution is 2.40. The lowest BCUT2D eigenvalue weighted by Crippen LogP contribution is -2.51. The zero-order chi connectivity index (χ0) is 13.0. The molecule has 4 nitrogen and oxygen atoms in total. The molecule has 1 aliphatic carbocycles. The van der Waals surface area contributed by atoms with Gasteiger partial charge in [0.15, 0.2) is 0 Å². The van der Waals surface area contributed by atoms with Crippen LogP contribution >= 0.6 is 11.8 Å². The van der Waals surface area contributed by atoms with Crippen LogP contribution in [0.1, 0.15) is 32.6 Å². The summed E-state index contributed by atoms with van der Waals surface area (Å²) >= 11 is 1.98. The monoisotopic (exact) mass is 273 g/mol. The predicted molar refractivity (Wildman–Crippen MR) is 72.9 cm³/mol. The van der Waals surface area contributed by atoms with Crippen molar-refractivity contribution in [1.82, 2.24) is 5.32 Å². The van der Waals surface area contributed by atoms with Gasteiger partial charge in [-0.25, -0.2) is 0 Å². The van der Waals surface area contributed by atoms with Gasteiger partial charge in [-0.3, -0.25) is 4.79 Å². The standard InChI is InChI=1S/C13H23NO3S/c1-3-6-14-13(12(15)16-2)5-4-10(7-13)18-11-8-17-9-11/h10-11,14H,3-9H2,1-2H3. The molecular weight excluding hydrogens is 250 g/mol. The number of esters is 1. The fourth-order valence-corrected chi connectivity index (χ4v) is 4.19. The Hall–Kier alpha value is -0.260. The van der Waals surface area contributed by atoms with Crippen LogP contribution in [0.5, 0.6) is 0 Å². The van der Waals surface area contributed by atoms with E-state index in [2.05, 4.69) is 12.2 Å². The van der Waals surface area contributed by atoms with E-state index in [1.54, 1.807) is 0 Å². The molecule has 0 radical (unpaired) electrons. The molecule has 0 amide bonds. The van der Waals surface area contributed by atoms with E-state index in [0.29, 0.717) is 10.5 Å². The summed E-state index contributed by atoms with van der Waals surface area (Å²) in [6.45, 7) is 4.73. The Morgan fingerprint density at radius 1 is 1.50 bits per heavy atom. The molecule has 0 aromatic carbocycles. The molecule has 0 bridgehead atoms. The summed E-state index contributed by atoms with van der Waals surface area (Å²) in [5, 5.41) is 4.61. The van der Waals surface area contributed by atoms with Gasteiger partial charge < -0.3 is 14.8 Å². The number of carbonyl (C=O) groups excluding carboxylic acids is 1. The van der Waals surface area contributed by atoms with Crippen LogP contribution in [0, 0.1) is 0 Å². The van der Waals surface area contributed by atoms with Crippen molar-refractivity contribution in [3.63, 3.8) is 0 Å². The van der Waals surface area contributed by atoms with E-state index in [0.717, 1.165) is 45.4 Å². The highest BCUT2D eigenvalue weighted by Gasteiger charge is 2.46. The van der Waals surface area contributed by atoms with E-state index < -0.39 is 5.54 Å². The average Bonchev–Trinajstić information content (AvgIpc) is 2.75. The van der Waals surface area contributed by atoms with Crippen LogP contribution in [-0.2, 0) is 14.3 Å². The molecule has 104 valence electrons. The average molecular weight is 273 g/mol. The Balaban J connectivity index is 1.91. The molecule has 1 N–H and O–H groups in total. The van der Waals surface area contributed by atoms with Crippen molar-refractivity contribution in [2.45, 2.75) is 48.6 Å². The molecule has 2 unspecified atom stereocenters. The number of hydrogen-bond donors (Lipinski definition) is 1. The summed E-state index contributed by atoms with van der Waals surface area (Å²) in [4.78, 5) is 12.0. The molecule has 0 aromatic heterocycles. The van der Waals surface area contributed by atoms with Gasteiger partial charge in [0.05, 0.1) is 25.6 Å². The predicted octanol–water partition coefficient (Wildman–Crippen LogP) is 1.58. The third kappa shape index (κ3) is 3.00. The van der Waals surface area contributed by atoms with E-state index in [4.69, 9.17) is 9.47 Å². The minimum absolute atomic E-state index is 0.0936. The highest BCUT2D eigenvalue weighted by molar-refractivity contribution is 8.00. The van der Waals surface area contributed by atoms with Gasteiger partial charge in [0.1, 0.15) is 5.54 Å². The molecular formula is C13H23NO3S. The number of rotatable bonds is 6. The Bertz CT molecular complexity index is 296. The van der Waals surface area contributed by atoms with E-state index in [-0.39, 0.29) is 5.97 Å². The number of carbonyl (C=O) groups is 1. The second-order valence-corrected chi connectivity index (χ2v) is 6.77. The first kappa shape index (κ1) is 14.2. The third-order valence-corrected chi connectivity index (χ3v) is 5.20. The fraction of sp³-hybridized carbons (Fsp3) is 0.923. The maximum Gasteiger partial charge on any atom is 0.326 e. The Morgan fingerprint density at radius 2 is 2.28 bits per heavy atom. The van der Waals surface area contributed by atoms with Crippen LogP contribution in [0.4, 0.5) is 0 Å². The van der Waals surface area contributed by atoms with E-state index >= 15 is 0 Å². The topological polar surface area (TPSA) is 47.6 Å².